The average molecular weight is 323 g/mol. The lowest BCUT2D eigenvalue weighted by Crippen LogP contribution is -2.46. The quantitative estimate of drug-likeness (QED) is 0.812. The summed E-state index contributed by atoms with van der Waals surface area (Å²) in [6.45, 7) is 6.46. The molecule has 2 rings (SSSR count). The van der Waals surface area contributed by atoms with Crippen LogP contribution in [0.25, 0.3) is 0 Å². The molecule has 23 heavy (non-hydrogen) atoms. The smallest absolute Gasteiger partial charge is 0.225 e. The molecule has 0 unspecified atom stereocenters. The molecule has 2 amide bonds. The summed E-state index contributed by atoms with van der Waals surface area (Å²) in [5.41, 5.74) is 0. The van der Waals surface area contributed by atoms with E-state index in [4.69, 9.17) is 0 Å². The van der Waals surface area contributed by atoms with E-state index in [1.54, 1.807) is 0 Å². The number of nitrogens with one attached hydrogen (secondary N) is 1. The molecular weight excluding hydrogens is 290 g/mol. The molecule has 132 valence electrons. The fourth-order valence-electron chi connectivity index (χ4n) is 3.80. The summed E-state index contributed by atoms with van der Waals surface area (Å²) in [5.74, 6) is 1.48. The summed E-state index contributed by atoms with van der Waals surface area (Å²) in [6, 6.07) is 0. The van der Waals surface area contributed by atoms with Crippen LogP contribution in [0.1, 0.15) is 51.9 Å². The molecule has 0 atom stereocenters. The number of carbonyl (C=O) groups excluding carboxylic acids is 2. The maximum Gasteiger partial charge on any atom is 0.225 e. The highest BCUT2D eigenvalue weighted by Crippen LogP contribution is 2.25. The van der Waals surface area contributed by atoms with E-state index in [0.29, 0.717) is 12.3 Å². The molecule has 2 saturated heterocycles. The third-order valence-electron chi connectivity index (χ3n) is 5.39. The Morgan fingerprint density at radius 2 is 1.61 bits per heavy atom. The normalized spacial score (nSPS) is 20.8. The van der Waals surface area contributed by atoms with Gasteiger partial charge < -0.3 is 15.1 Å². The standard InChI is InChI=1S/C18H33N3O2/c1-3-4-17(22)20-13-8-16(9-14-20)18(23)21-11-6-15(7-12-21)5-10-19-2/h15-16,19H,3-14H2,1-2H3. The second-order valence-corrected chi connectivity index (χ2v) is 7.07. The van der Waals surface area contributed by atoms with Crippen LogP contribution in [0.3, 0.4) is 0 Å². The van der Waals surface area contributed by atoms with Gasteiger partial charge in [0.25, 0.3) is 0 Å². The summed E-state index contributed by atoms with van der Waals surface area (Å²) in [5, 5.41) is 3.21. The third-order valence-corrected chi connectivity index (χ3v) is 5.39. The van der Waals surface area contributed by atoms with Gasteiger partial charge in [-0.3, -0.25) is 9.59 Å². The SMILES string of the molecule is CCCC(=O)N1CCC(C(=O)N2CCC(CCNC)CC2)CC1. The van der Waals surface area contributed by atoms with Crippen LogP contribution in [0.2, 0.25) is 0 Å². The minimum Gasteiger partial charge on any atom is -0.343 e. The van der Waals surface area contributed by atoms with Gasteiger partial charge in [-0.15, -0.1) is 0 Å². The van der Waals surface area contributed by atoms with Crippen molar-refractivity contribution in [1.29, 1.82) is 0 Å². The predicted molar refractivity (Wildman–Crippen MR) is 92.1 cm³/mol. The van der Waals surface area contributed by atoms with Crippen LogP contribution in [0.5, 0.6) is 0 Å². The molecule has 0 bridgehead atoms. The minimum atomic E-state index is 0.134. The number of amides is 2. The lowest BCUT2D eigenvalue weighted by Gasteiger charge is -2.37. The highest BCUT2D eigenvalue weighted by molar-refractivity contribution is 5.80. The molecule has 5 heteroatoms. The monoisotopic (exact) mass is 323 g/mol. The molecule has 0 saturated carbocycles. The highest BCUT2D eigenvalue weighted by atomic mass is 16.2. The number of likely N-dealkylation sites (tertiary alicyclic amines) is 2. The zero-order valence-electron chi connectivity index (χ0n) is 14.9. The van der Waals surface area contributed by atoms with E-state index < -0.39 is 0 Å². The van der Waals surface area contributed by atoms with E-state index in [2.05, 4.69) is 10.2 Å². The number of hydrogen-bond acceptors (Lipinski definition) is 3. The summed E-state index contributed by atoms with van der Waals surface area (Å²) in [7, 11) is 2.00. The van der Waals surface area contributed by atoms with E-state index in [0.717, 1.165) is 70.7 Å². The number of rotatable bonds is 6. The van der Waals surface area contributed by atoms with Gasteiger partial charge in [-0.05, 0) is 58.0 Å². The Labute approximate surface area is 140 Å². The van der Waals surface area contributed by atoms with E-state index in [1.807, 2.05) is 18.9 Å². The van der Waals surface area contributed by atoms with Crippen LogP contribution < -0.4 is 5.32 Å². The third kappa shape index (κ3) is 5.20. The molecule has 2 aliphatic rings. The highest BCUT2D eigenvalue weighted by Gasteiger charge is 2.31. The van der Waals surface area contributed by atoms with Crippen molar-refractivity contribution in [2.45, 2.75) is 51.9 Å². The summed E-state index contributed by atoms with van der Waals surface area (Å²) in [6.07, 6.45) is 6.72. The van der Waals surface area contributed by atoms with Crippen molar-refractivity contribution in [2.75, 3.05) is 39.8 Å². The molecule has 0 aromatic rings. The van der Waals surface area contributed by atoms with Crippen molar-refractivity contribution in [3.05, 3.63) is 0 Å². The molecule has 0 aliphatic carbocycles. The van der Waals surface area contributed by atoms with Gasteiger partial charge in [0.05, 0.1) is 0 Å². The first-order valence-electron chi connectivity index (χ1n) is 9.36. The first-order valence-corrected chi connectivity index (χ1v) is 9.36. The Kier molecular flexibility index (Phi) is 7.34. The largest absolute Gasteiger partial charge is 0.343 e. The van der Waals surface area contributed by atoms with Gasteiger partial charge in [-0.25, -0.2) is 0 Å². The number of piperidine rings is 2. The zero-order valence-corrected chi connectivity index (χ0v) is 14.9. The lowest BCUT2D eigenvalue weighted by molar-refractivity contribution is -0.141. The average Bonchev–Trinajstić information content (AvgIpc) is 2.60. The number of nitrogens with zero attached hydrogens (tertiary/aromatic N) is 2. The summed E-state index contributed by atoms with van der Waals surface area (Å²) < 4.78 is 0. The van der Waals surface area contributed by atoms with Crippen molar-refractivity contribution in [3.63, 3.8) is 0 Å². The van der Waals surface area contributed by atoms with Crippen molar-refractivity contribution < 1.29 is 9.59 Å². The van der Waals surface area contributed by atoms with Gasteiger partial charge in [-0.1, -0.05) is 6.92 Å². The zero-order chi connectivity index (χ0) is 16.7. The number of hydrogen-bond donors (Lipinski definition) is 1. The molecule has 0 aromatic heterocycles. The molecule has 0 aromatic carbocycles. The van der Waals surface area contributed by atoms with Crippen LogP contribution in [0.15, 0.2) is 0 Å². The molecule has 2 heterocycles. The van der Waals surface area contributed by atoms with E-state index in [9.17, 15) is 9.59 Å². The second-order valence-electron chi connectivity index (χ2n) is 7.07. The van der Waals surface area contributed by atoms with Crippen molar-refractivity contribution in [1.82, 2.24) is 15.1 Å². The maximum atomic E-state index is 12.7. The van der Waals surface area contributed by atoms with Gasteiger partial charge in [0.1, 0.15) is 0 Å². The molecule has 0 radical (unpaired) electrons. The first kappa shape index (κ1) is 18.2. The molecule has 2 fully saturated rings. The Balaban J connectivity index is 1.72. The van der Waals surface area contributed by atoms with Crippen molar-refractivity contribution in [2.24, 2.45) is 11.8 Å². The maximum absolute atomic E-state index is 12.7. The van der Waals surface area contributed by atoms with E-state index in [-0.39, 0.29) is 11.8 Å². The van der Waals surface area contributed by atoms with Crippen molar-refractivity contribution >= 4 is 11.8 Å². The lowest BCUT2D eigenvalue weighted by atomic mass is 9.90. The van der Waals surface area contributed by atoms with Crippen molar-refractivity contribution in [3.8, 4) is 0 Å². The van der Waals surface area contributed by atoms with Crippen LogP contribution in [0.4, 0.5) is 0 Å². The summed E-state index contributed by atoms with van der Waals surface area (Å²) >= 11 is 0. The van der Waals surface area contributed by atoms with Gasteiger partial charge in [-0.2, -0.15) is 0 Å². The van der Waals surface area contributed by atoms with Crippen LogP contribution >= 0.6 is 0 Å². The van der Waals surface area contributed by atoms with Gasteiger partial charge >= 0.3 is 0 Å². The number of carbonyl (C=O) groups is 2. The molecule has 5 nitrogen and oxygen atoms in total. The first-order chi connectivity index (χ1) is 11.2. The predicted octanol–water partition coefficient (Wildman–Crippen LogP) is 1.87. The van der Waals surface area contributed by atoms with Gasteiger partial charge in [0.2, 0.25) is 11.8 Å². The fourth-order valence-corrected chi connectivity index (χ4v) is 3.80. The Bertz CT molecular complexity index is 384. The molecule has 2 aliphatic heterocycles. The van der Waals surface area contributed by atoms with E-state index >= 15 is 0 Å². The topological polar surface area (TPSA) is 52.7 Å². The minimum absolute atomic E-state index is 0.134. The fraction of sp³-hybridized carbons (Fsp3) is 0.889. The molecule has 0 spiro atoms. The van der Waals surface area contributed by atoms with E-state index in [1.165, 1.54) is 6.42 Å². The Morgan fingerprint density at radius 1 is 1.00 bits per heavy atom. The Hall–Kier alpha value is -1.10. The van der Waals surface area contributed by atoms with Gasteiger partial charge in [0.15, 0.2) is 0 Å². The summed E-state index contributed by atoms with van der Waals surface area (Å²) in [4.78, 5) is 28.6. The Morgan fingerprint density at radius 3 is 2.17 bits per heavy atom. The molecule has 1 N–H and O–H groups in total. The van der Waals surface area contributed by atoms with Crippen LogP contribution in [-0.2, 0) is 9.59 Å². The molecular formula is C18H33N3O2. The van der Waals surface area contributed by atoms with Crippen LogP contribution in [0, 0.1) is 11.8 Å². The van der Waals surface area contributed by atoms with Gasteiger partial charge in [0, 0.05) is 38.5 Å². The van der Waals surface area contributed by atoms with Crippen LogP contribution in [-0.4, -0.2) is 61.4 Å². The second kappa shape index (κ2) is 9.26.